The highest BCUT2D eigenvalue weighted by molar-refractivity contribution is 5.87. The fourth-order valence-electron chi connectivity index (χ4n) is 2.25. The van der Waals surface area contributed by atoms with Crippen LogP contribution in [0.1, 0.15) is 19.3 Å². The fraction of sp³-hybridized carbons (Fsp3) is 0.818. The van der Waals surface area contributed by atoms with Crippen molar-refractivity contribution in [2.45, 2.75) is 31.3 Å². The molecule has 0 spiro atoms. The van der Waals surface area contributed by atoms with Gasteiger partial charge in [-0.2, -0.15) is 0 Å². The molecule has 1 heterocycles. The molecule has 98 valence electrons. The Morgan fingerprint density at radius 1 is 1.47 bits per heavy atom. The van der Waals surface area contributed by atoms with Crippen LogP contribution >= 0.6 is 0 Å². The molecule has 1 fully saturated rings. The zero-order chi connectivity index (χ0) is 13.0. The van der Waals surface area contributed by atoms with Crippen molar-refractivity contribution in [3.8, 4) is 0 Å². The Morgan fingerprint density at radius 2 is 2.12 bits per heavy atom. The van der Waals surface area contributed by atoms with Crippen LogP contribution in [0.5, 0.6) is 0 Å². The van der Waals surface area contributed by atoms with Gasteiger partial charge >= 0.3 is 0 Å². The molecule has 0 radical (unpaired) electrons. The number of likely N-dealkylation sites (tertiary alicyclic amines) is 1. The van der Waals surface area contributed by atoms with Crippen molar-refractivity contribution < 1.29 is 9.59 Å². The average molecular weight is 242 g/mol. The second-order valence-corrected chi connectivity index (χ2v) is 4.87. The van der Waals surface area contributed by atoms with Crippen molar-refractivity contribution in [3.63, 3.8) is 0 Å². The van der Waals surface area contributed by atoms with E-state index in [0.29, 0.717) is 0 Å². The Morgan fingerprint density at radius 3 is 2.65 bits per heavy atom. The molecular weight excluding hydrogens is 220 g/mol. The van der Waals surface area contributed by atoms with Crippen LogP contribution in [0.3, 0.4) is 0 Å². The predicted molar refractivity (Wildman–Crippen MR) is 65.1 cm³/mol. The van der Waals surface area contributed by atoms with Gasteiger partial charge in [0.15, 0.2) is 0 Å². The molecule has 6 nitrogen and oxygen atoms in total. The first-order valence-electron chi connectivity index (χ1n) is 5.91. The third kappa shape index (κ3) is 3.98. The third-order valence-corrected chi connectivity index (χ3v) is 2.97. The summed E-state index contributed by atoms with van der Waals surface area (Å²) in [6, 6.07) is -0.591. The minimum Gasteiger partial charge on any atom is -0.370 e. The molecule has 2 amide bonds. The van der Waals surface area contributed by atoms with Gasteiger partial charge in [0.1, 0.15) is 0 Å². The third-order valence-electron chi connectivity index (χ3n) is 2.97. The monoisotopic (exact) mass is 242 g/mol. The van der Waals surface area contributed by atoms with Gasteiger partial charge in [0, 0.05) is 19.1 Å². The summed E-state index contributed by atoms with van der Waals surface area (Å²) in [5, 5.41) is 0. The van der Waals surface area contributed by atoms with Crippen molar-refractivity contribution in [1.82, 2.24) is 9.80 Å². The molecule has 0 bridgehead atoms. The highest BCUT2D eigenvalue weighted by Crippen LogP contribution is 2.18. The Labute approximate surface area is 102 Å². The summed E-state index contributed by atoms with van der Waals surface area (Å²) in [6.07, 6.45) is 1.91. The van der Waals surface area contributed by atoms with Gasteiger partial charge in [0.05, 0.1) is 12.5 Å². The number of primary amides is 1. The fourth-order valence-corrected chi connectivity index (χ4v) is 2.25. The van der Waals surface area contributed by atoms with Crippen molar-refractivity contribution in [3.05, 3.63) is 0 Å². The van der Waals surface area contributed by atoms with Gasteiger partial charge in [-0.1, -0.05) is 0 Å². The molecule has 2 atom stereocenters. The van der Waals surface area contributed by atoms with Gasteiger partial charge in [0.2, 0.25) is 11.8 Å². The number of carbonyl (C=O) groups is 2. The zero-order valence-electron chi connectivity index (χ0n) is 10.6. The Balaban J connectivity index is 2.57. The van der Waals surface area contributed by atoms with E-state index < -0.39 is 11.9 Å². The van der Waals surface area contributed by atoms with Gasteiger partial charge in [0.25, 0.3) is 0 Å². The van der Waals surface area contributed by atoms with Crippen molar-refractivity contribution in [2.75, 3.05) is 27.2 Å². The van der Waals surface area contributed by atoms with E-state index in [1.165, 1.54) is 0 Å². The summed E-state index contributed by atoms with van der Waals surface area (Å²) in [7, 11) is 3.95. The van der Waals surface area contributed by atoms with E-state index in [-0.39, 0.29) is 18.4 Å². The topological polar surface area (TPSA) is 92.7 Å². The number of hydrogen-bond donors (Lipinski definition) is 2. The van der Waals surface area contributed by atoms with Gasteiger partial charge in [-0.25, -0.2) is 0 Å². The van der Waals surface area contributed by atoms with Crippen LogP contribution in [0.4, 0.5) is 0 Å². The lowest BCUT2D eigenvalue weighted by molar-refractivity contribution is -0.135. The first-order valence-corrected chi connectivity index (χ1v) is 5.91. The van der Waals surface area contributed by atoms with Crippen LogP contribution in [0.25, 0.3) is 0 Å². The standard InChI is InChI=1S/C11H22N4O2/c1-14(2)7-8-4-3-5-15(8)11(17)9(12)6-10(13)16/h8-9H,3-7,12H2,1-2H3,(H2,13,16). The predicted octanol–water partition coefficient (Wildman–Crippen LogP) is -1.26. The van der Waals surface area contributed by atoms with Crippen LogP contribution in [0.15, 0.2) is 0 Å². The molecule has 4 N–H and O–H groups in total. The molecule has 1 aliphatic rings. The molecule has 0 aromatic heterocycles. The van der Waals surface area contributed by atoms with Crippen molar-refractivity contribution in [2.24, 2.45) is 11.5 Å². The minimum absolute atomic E-state index is 0.0793. The molecule has 1 rings (SSSR count). The lowest BCUT2D eigenvalue weighted by atomic mass is 10.1. The highest BCUT2D eigenvalue weighted by atomic mass is 16.2. The molecule has 1 saturated heterocycles. The van der Waals surface area contributed by atoms with Gasteiger partial charge in [-0.05, 0) is 26.9 Å². The SMILES string of the molecule is CN(C)CC1CCCN1C(=O)C(N)CC(N)=O. The van der Waals surface area contributed by atoms with E-state index >= 15 is 0 Å². The van der Waals surface area contributed by atoms with E-state index in [2.05, 4.69) is 4.90 Å². The number of likely N-dealkylation sites (N-methyl/N-ethyl adjacent to an activating group) is 1. The summed E-state index contributed by atoms with van der Waals surface area (Å²) in [4.78, 5) is 26.6. The normalized spacial score (nSPS) is 21.9. The number of nitrogens with two attached hydrogens (primary N) is 2. The number of rotatable bonds is 5. The molecular formula is C11H22N4O2. The smallest absolute Gasteiger partial charge is 0.240 e. The van der Waals surface area contributed by atoms with Crippen LogP contribution in [-0.2, 0) is 9.59 Å². The molecule has 1 aliphatic heterocycles. The lowest BCUT2D eigenvalue weighted by Crippen LogP contribution is -2.49. The Hall–Kier alpha value is -1.14. The summed E-state index contributed by atoms with van der Waals surface area (Å²) in [5.74, 6) is -0.692. The second kappa shape index (κ2) is 5.97. The van der Waals surface area contributed by atoms with Crippen LogP contribution in [0.2, 0.25) is 0 Å². The number of amides is 2. The van der Waals surface area contributed by atoms with Crippen molar-refractivity contribution >= 4 is 11.8 Å². The molecule has 17 heavy (non-hydrogen) atoms. The average Bonchev–Trinajstić information content (AvgIpc) is 2.62. The number of carbonyl (C=O) groups excluding carboxylic acids is 2. The maximum absolute atomic E-state index is 12.0. The molecule has 0 saturated carbocycles. The van der Waals surface area contributed by atoms with Crippen molar-refractivity contribution in [1.29, 1.82) is 0 Å². The molecule has 0 aromatic carbocycles. The van der Waals surface area contributed by atoms with E-state index in [1.54, 1.807) is 4.90 Å². The van der Waals surface area contributed by atoms with E-state index in [9.17, 15) is 9.59 Å². The number of nitrogens with zero attached hydrogens (tertiary/aromatic N) is 2. The first-order chi connectivity index (χ1) is 7.91. The maximum Gasteiger partial charge on any atom is 0.240 e. The summed E-state index contributed by atoms with van der Waals surface area (Å²) in [6.45, 7) is 1.55. The van der Waals surface area contributed by atoms with E-state index in [1.807, 2.05) is 14.1 Å². The van der Waals surface area contributed by atoms with E-state index in [0.717, 1.165) is 25.9 Å². The van der Waals surface area contributed by atoms with Gasteiger partial charge < -0.3 is 21.3 Å². The lowest BCUT2D eigenvalue weighted by Gasteiger charge is -2.29. The van der Waals surface area contributed by atoms with Crippen LogP contribution < -0.4 is 11.5 Å². The Kier molecular flexibility index (Phi) is 4.89. The van der Waals surface area contributed by atoms with Gasteiger partial charge in [-0.15, -0.1) is 0 Å². The van der Waals surface area contributed by atoms with Gasteiger partial charge in [-0.3, -0.25) is 9.59 Å². The quantitative estimate of drug-likeness (QED) is 0.629. The molecule has 6 heteroatoms. The highest BCUT2D eigenvalue weighted by Gasteiger charge is 2.32. The Bertz CT molecular complexity index is 293. The summed E-state index contributed by atoms with van der Waals surface area (Å²) in [5.41, 5.74) is 10.7. The summed E-state index contributed by atoms with van der Waals surface area (Å²) < 4.78 is 0. The zero-order valence-corrected chi connectivity index (χ0v) is 10.6. The van der Waals surface area contributed by atoms with E-state index in [4.69, 9.17) is 11.5 Å². The number of hydrogen-bond acceptors (Lipinski definition) is 4. The summed E-state index contributed by atoms with van der Waals surface area (Å²) >= 11 is 0. The maximum atomic E-state index is 12.0. The molecule has 2 unspecified atom stereocenters. The first kappa shape index (κ1) is 13.9. The largest absolute Gasteiger partial charge is 0.370 e. The second-order valence-electron chi connectivity index (χ2n) is 4.87. The van der Waals surface area contributed by atoms with Crippen LogP contribution in [-0.4, -0.2) is 60.9 Å². The van der Waals surface area contributed by atoms with Crippen LogP contribution in [0, 0.1) is 0 Å². The minimum atomic E-state index is -0.796. The molecule has 0 aliphatic carbocycles. The molecule has 0 aromatic rings.